The Kier molecular flexibility index (Phi) is 8.97. The minimum atomic E-state index is -0.167. The summed E-state index contributed by atoms with van der Waals surface area (Å²) in [6.07, 6.45) is 3.87. The Bertz CT molecular complexity index is 1080. The average Bonchev–Trinajstić information content (AvgIpc) is 3.52. The molecule has 0 aliphatic carbocycles. The fraction of sp³-hybridized carbons (Fsp3) is 0.621. The number of quaternary nitrogens is 2. The number of H-pyrrole nitrogens is 1. The number of hydrogen-bond acceptors (Lipinski definition) is 5. The van der Waals surface area contributed by atoms with E-state index in [-0.39, 0.29) is 17.8 Å². The number of carbonyl (C=O) groups excluding carboxylic acids is 2. The number of amides is 1. The lowest BCUT2D eigenvalue weighted by Gasteiger charge is -2.39. The second-order valence-corrected chi connectivity index (χ2v) is 11.9. The fourth-order valence-corrected chi connectivity index (χ4v) is 7.17. The van der Waals surface area contributed by atoms with Gasteiger partial charge in [0.15, 0.2) is 0 Å². The van der Waals surface area contributed by atoms with Gasteiger partial charge >= 0.3 is 5.97 Å². The molecular formula is C29H44N5O3S+3. The highest BCUT2D eigenvalue weighted by Crippen LogP contribution is 2.29. The van der Waals surface area contributed by atoms with Gasteiger partial charge in [0, 0.05) is 25.9 Å². The highest BCUT2D eigenvalue weighted by molar-refractivity contribution is 7.13. The number of likely N-dealkylation sites (N-methyl/N-ethyl adjacent to an activating group) is 1. The first-order chi connectivity index (χ1) is 18.6. The lowest BCUT2D eigenvalue weighted by atomic mass is 9.97. The molecule has 0 aromatic carbocycles. The van der Waals surface area contributed by atoms with Gasteiger partial charge in [-0.25, -0.2) is 4.98 Å². The summed E-state index contributed by atoms with van der Waals surface area (Å²) < 4.78 is 5.34. The number of esters is 1. The van der Waals surface area contributed by atoms with Crippen LogP contribution in [0.1, 0.15) is 49.9 Å². The van der Waals surface area contributed by atoms with Gasteiger partial charge in [-0.3, -0.25) is 14.5 Å². The molecule has 206 valence electrons. The summed E-state index contributed by atoms with van der Waals surface area (Å²) in [5.74, 6) is 0.631. The SMILES string of the molecule is CCOC(=O)C1CCCN(c2[nH+]c(-c3cccs3)ccc2C(=O)N2CCC([NH+]3CC[NH+](CC)CC3)CC2)C1. The number of ether oxygens (including phenoxy) is 1. The van der Waals surface area contributed by atoms with Crippen LogP contribution in [0.2, 0.25) is 0 Å². The summed E-state index contributed by atoms with van der Waals surface area (Å²) in [7, 11) is 0. The first-order valence-corrected chi connectivity index (χ1v) is 15.4. The van der Waals surface area contributed by atoms with Crippen molar-refractivity contribution in [1.29, 1.82) is 0 Å². The standard InChI is InChI=1S/C29H41N5O3S/c1-3-31-16-18-32(19-17-31)23-11-14-33(15-12-23)28(35)24-9-10-25(26-8-6-20-38-26)30-27(24)34-13-5-7-22(21-34)29(36)37-4-2/h6,8-10,20,22-23H,3-5,7,11-19,21H2,1-2H3/p+3. The number of anilines is 1. The predicted molar refractivity (Wildman–Crippen MR) is 149 cm³/mol. The van der Waals surface area contributed by atoms with Crippen molar-refractivity contribution >= 4 is 29.0 Å². The summed E-state index contributed by atoms with van der Waals surface area (Å²) in [5, 5.41) is 2.06. The van der Waals surface area contributed by atoms with Crippen LogP contribution in [0.15, 0.2) is 29.6 Å². The van der Waals surface area contributed by atoms with Gasteiger partial charge in [0.2, 0.25) is 0 Å². The van der Waals surface area contributed by atoms with E-state index in [1.165, 1.54) is 32.7 Å². The number of carbonyl (C=O) groups is 2. The van der Waals surface area contributed by atoms with Gasteiger partial charge in [0.1, 0.15) is 37.4 Å². The van der Waals surface area contributed by atoms with Crippen LogP contribution in [0.3, 0.4) is 0 Å². The first-order valence-electron chi connectivity index (χ1n) is 14.6. The fourth-order valence-electron chi connectivity index (χ4n) is 6.46. The number of pyridine rings is 1. The van der Waals surface area contributed by atoms with Crippen LogP contribution in [0.25, 0.3) is 10.6 Å². The molecule has 2 aromatic heterocycles. The zero-order valence-corrected chi connectivity index (χ0v) is 23.8. The van der Waals surface area contributed by atoms with Crippen LogP contribution in [0.4, 0.5) is 5.82 Å². The number of piperidine rings is 2. The van der Waals surface area contributed by atoms with E-state index in [0.717, 1.165) is 61.7 Å². The zero-order chi connectivity index (χ0) is 26.5. The third kappa shape index (κ3) is 6.05. The number of likely N-dealkylation sites (tertiary alicyclic amines) is 1. The summed E-state index contributed by atoms with van der Waals surface area (Å²) in [5.41, 5.74) is 1.71. The Labute approximate surface area is 230 Å². The van der Waals surface area contributed by atoms with Crippen LogP contribution in [0.5, 0.6) is 0 Å². The Hall–Kier alpha value is -2.49. The van der Waals surface area contributed by atoms with Crippen molar-refractivity contribution in [3.05, 3.63) is 35.2 Å². The maximum Gasteiger partial charge on any atom is 0.312 e. The minimum absolute atomic E-state index is 0.0981. The van der Waals surface area contributed by atoms with Crippen molar-refractivity contribution < 1.29 is 29.1 Å². The number of piperazine rings is 1. The number of nitrogens with zero attached hydrogens (tertiary/aromatic N) is 2. The van der Waals surface area contributed by atoms with E-state index < -0.39 is 0 Å². The lowest BCUT2D eigenvalue weighted by Crippen LogP contribution is -3.29. The summed E-state index contributed by atoms with van der Waals surface area (Å²) in [6.45, 7) is 13.8. The molecule has 3 N–H and O–H groups in total. The topological polar surface area (TPSA) is 72.9 Å². The van der Waals surface area contributed by atoms with E-state index in [9.17, 15) is 9.59 Å². The van der Waals surface area contributed by atoms with Crippen molar-refractivity contribution in [2.45, 2.75) is 45.6 Å². The number of rotatable bonds is 7. The Balaban J connectivity index is 1.32. The molecule has 0 bridgehead atoms. The van der Waals surface area contributed by atoms with Gasteiger partial charge in [-0.15, -0.1) is 11.3 Å². The van der Waals surface area contributed by atoms with Crippen molar-refractivity contribution in [3.8, 4) is 10.6 Å². The van der Waals surface area contributed by atoms with E-state index in [0.29, 0.717) is 24.8 Å². The minimum Gasteiger partial charge on any atom is -0.466 e. The molecule has 3 aliphatic heterocycles. The maximum absolute atomic E-state index is 13.9. The van der Waals surface area contributed by atoms with Crippen LogP contribution in [0, 0.1) is 5.92 Å². The molecule has 3 fully saturated rings. The third-order valence-corrected chi connectivity index (χ3v) is 9.66. The molecule has 9 heteroatoms. The molecule has 5 rings (SSSR count). The van der Waals surface area contributed by atoms with E-state index >= 15 is 0 Å². The second-order valence-electron chi connectivity index (χ2n) is 11.0. The molecule has 8 nitrogen and oxygen atoms in total. The number of hydrogen-bond donors (Lipinski definition) is 2. The van der Waals surface area contributed by atoms with Crippen LogP contribution >= 0.6 is 11.3 Å². The summed E-state index contributed by atoms with van der Waals surface area (Å²) in [6, 6.07) is 8.81. The third-order valence-electron chi connectivity index (χ3n) is 8.76. The largest absolute Gasteiger partial charge is 0.466 e. The van der Waals surface area contributed by atoms with Crippen molar-refractivity contribution in [2.24, 2.45) is 5.92 Å². The van der Waals surface area contributed by atoms with Crippen LogP contribution in [-0.4, -0.2) is 88.3 Å². The molecule has 0 radical (unpaired) electrons. The molecule has 1 amide bonds. The molecule has 0 spiro atoms. The van der Waals surface area contributed by atoms with Crippen molar-refractivity contribution in [2.75, 3.05) is 70.4 Å². The molecule has 3 aliphatic rings. The maximum atomic E-state index is 13.9. The van der Waals surface area contributed by atoms with Crippen LogP contribution < -0.4 is 19.7 Å². The molecule has 2 aromatic rings. The van der Waals surface area contributed by atoms with Gasteiger partial charge in [-0.2, -0.15) is 0 Å². The molecule has 3 saturated heterocycles. The Morgan fingerprint density at radius 3 is 2.53 bits per heavy atom. The van der Waals surface area contributed by atoms with E-state index in [4.69, 9.17) is 4.74 Å². The van der Waals surface area contributed by atoms with Gasteiger partial charge in [0.25, 0.3) is 11.7 Å². The predicted octanol–water partition coefficient (Wildman–Crippen LogP) is 0.417. The summed E-state index contributed by atoms with van der Waals surface area (Å²) >= 11 is 1.68. The monoisotopic (exact) mass is 542 g/mol. The highest BCUT2D eigenvalue weighted by Gasteiger charge is 2.38. The van der Waals surface area contributed by atoms with Gasteiger partial charge in [-0.1, -0.05) is 6.07 Å². The Morgan fingerprint density at radius 1 is 1.05 bits per heavy atom. The van der Waals surface area contributed by atoms with Gasteiger partial charge in [-0.05, 0) is 50.3 Å². The lowest BCUT2D eigenvalue weighted by molar-refractivity contribution is -1.02. The number of aromatic nitrogens is 1. The molecule has 1 atom stereocenters. The normalized spacial score (nSPS) is 24.8. The van der Waals surface area contributed by atoms with E-state index in [1.807, 2.05) is 30.0 Å². The van der Waals surface area contributed by atoms with Crippen molar-refractivity contribution in [1.82, 2.24) is 4.90 Å². The summed E-state index contributed by atoms with van der Waals surface area (Å²) in [4.78, 5) is 38.9. The zero-order valence-electron chi connectivity index (χ0n) is 23.0. The van der Waals surface area contributed by atoms with Crippen molar-refractivity contribution in [3.63, 3.8) is 0 Å². The molecule has 1 unspecified atom stereocenters. The second kappa shape index (κ2) is 12.6. The Morgan fingerprint density at radius 2 is 1.84 bits per heavy atom. The molecule has 38 heavy (non-hydrogen) atoms. The van der Waals surface area contributed by atoms with Gasteiger partial charge < -0.3 is 19.4 Å². The smallest absolute Gasteiger partial charge is 0.312 e. The number of aromatic amines is 1. The first kappa shape index (κ1) is 27.1. The van der Waals surface area contributed by atoms with E-state index in [2.05, 4.69) is 28.3 Å². The van der Waals surface area contributed by atoms with Crippen LogP contribution in [-0.2, 0) is 9.53 Å². The van der Waals surface area contributed by atoms with E-state index in [1.54, 1.807) is 21.1 Å². The quantitative estimate of drug-likeness (QED) is 0.498. The number of nitrogens with one attached hydrogen (secondary N) is 3. The molecule has 0 saturated carbocycles. The molecule has 5 heterocycles. The van der Waals surface area contributed by atoms with Gasteiger partial charge in [0.05, 0.1) is 43.1 Å². The number of thiophene rings is 1. The molecular weight excluding hydrogens is 498 g/mol. The average molecular weight is 543 g/mol. The highest BCUT2D eigenvalue weighted by atomic mass is 32.1.